The van der Waals surface area contributed by atoms with Gasteiger partial charge in [-0.05, 0) is 65.2 Å². The van der Waals surface area contributed by atoms with E-state index in [9.17, 15) is 46.3 Å². The molecule has 0 aromatic rings. The molecule has 2 aliphatic rings. The van der Waals surface area contributed by atoms with Crippen LogP contribution in [-0.4, -0.2) is 96.6 Å². The van der Waals surface area contributed by atoms with E-state index < -0.39 is 103 Å². The highest BCUT2D eigenvalue weighted by Crippen LogP contribution is 2.35. The Balaban J connectivity index is 2.38. The number of amides is 5. The van der Waals surface area contributed by atoms with Crippen LogP contribution in [0.2, 0.25) is 0 Å². The van der Waals surface area contributed by atoms with Gasteiger partial charge in [0.2, 0.25) is 35.9 Å². The molecule has 4 atom stereocenters. The summed E-state index contributed by atoms with van der Waals surface area (Å²) in [7, 11) is 1.29. The lowest BCUT2D eigenvalue weighted by atomic mass is 9.83. The van der Waals surface area contributed by atoms with Gasteiger partial charge >= 0.3 is 6.09 Å². The molecule has 0 spiro atoms. The Bertz CT molecular complexity index is 1110. The van der Waals surface area contributed by atoms with E-state index in [0.717, 1.165) is 24.2 Å². The number of carbonyl (C=O) groups is 6. The molecule has 2 fully saturated rings. The van der Waals surface area contributed by atoms with Crippen LogP contribution in [0, 0.1) is 11.8 Å². The summed E-state index contributed by atoms with van der Waals surface area (Å²) in [5.74, 6) is -9.24. The zero-order valence-electron chi connectivity index (χ0n) is 27.1. The molecule has 16 heteroatoms. The number of carbonyl (C=O) groups excluding carboxylic acids is 6. The fraction of sp³-hybridized carbons (Fsp3) is 0.800. The number of alkyl carbamates (subject to hydrolysis) is 1. The average Bonchev–Trinajstić information content (AvgIpc) is 3.37. The van der Waals surface area contributed by atoms with Crippen LogP contribution >= 0.6 is 0 Å². The summed E-state index contributed by atoms with van der Waals surface area (Å²) in [6, 6.07) is -4.29. The molecule has 0 aromatic heterocycles. The molecule has 1 saturated heterocycles. The molecule has 1 aliphatic carbocycles. The van der Waals surface area contributed by atoms with Crippen molar-refractivity contribution in [3.05, 3.63) is 0 Å². The van der Waals surface area contributed by atoms with Gasteiger partial charge in [-0.15, -0.1) is 0 Å². The molecular formula is C30H47F4N5O7. The van der Waals surface area contributed by atoms with E-state index in [1.54, 1.807) is 20.8 Å². The molecule has 4 N–H and O–H groups in total. The number of alkyl halides is 4. The number of ketones is 1. The lowest BCUT2D eigenvalue weighted by Gasteiger charge is -2.35. The number of likely N-dealkylation sites (N-methyl/N-ethyl adjacent to an activating group) is 1. The molecule has 1 aliphatic heterocycles. The Kier molecular flexibility index (Phi) is 14.2. The van der Waals surface area contributed by atoms with Crippen LogP contribution in [0.1, 0.15) is 85.5 Å². The van der Waals surface area contributed by atoms with Gasteiger partial charge in [-0.1, -0.05) is 19.3 Å². The van der Waals surface area contributed by atoms with Gasteiger partial charge in [0.1, 0.15) is 17.7 Å². The molecule has 5 amide bonds. The summed E-state index contributed by atoms with van der Waals surface area (Å²) in [6.45, 7) is 4.79. The maximum atomic E-state index is 14.1. The second-order valence-electron chi connectivity index (χ2n) is 13.2. The topological polar surface area (TPSA) is 163 Å². The van der Waals surface area contributed by atoms with Crippen molar-refractivity contribution in [1.82, 2.24) is 26.2 Å². The van der Waals surface area contributed by atoms with Crippen molar-refractivity contribution in [2.24, 2.45) is 11.8 Å². The Hall–Kier alpha value is -3.46. The van der Waals surface area contributed by atoms with Crippen LogP contribution in [-0.2, 0) is 28.7 Å². The van der Waals surface area contributed by atoms with Crippen LogP contribution in [0.5, 0.6) is 0 Å². The number of nitrogens with zero attached hydrogens (tertiary/aromatic N) is 1. The van der Waals surface area contributed by atoms with Gasteiger partial charge in [0.25, 0.3) is 5.91 Å². The van der Waals surface area contributed by atoms with Gasteiger partial charge in [0, 0.05) is 26.4 Å². The van der Waals surface area contributed by atoms with Crippen LogP contribution in [0.25, 0.3) is 0 Å². The highest BCUT2D eigenvalue weighted by atomic mass is 19.3. The van der Waals surface area contributed by atoms with Crippen molar-refractivity contribution in [3.63, 3.8) is 0 Å². The Morgan fingerprint density at radius 3 is 2.11 bits per heavy atom. The SMILES string of the molecule is CNC(=O)CNC(=O)C(=O)C(CCC(F)F)NC(=O)C1C[C@@H](CC(C)(F)F)CN1C(=O)C(NC(=O)OC(C)(C)C)C1CCCCC1. The normalized spacial score (nSPS) is 20.4. The van der Waals surface area contributed by atoms with E-state index in [0.29, 0.717) is 19.8 Å². The number of halogens is 4. The Morgan fingerprint density at radius 2 is 1.57 bits per heavy atom. The lowest BCUT2D eigenvalue weighted by molar-refractivity contribution is -0.143. The highest BCUT2D eigenvalue weighted by Gasteiger charge is 2.46. The van der Waals surface area contributed by atoms with Gasteiger partial charge in [0.15, 0.2) is 0 Å². The first-order chi connectivity index (χ1) is 21.3. The van der Waals surface area contributed by atoms with E-state index in [4.69, 9.17) is 4.74 Å². The van der Waals surface area contributed by atoms with Gasteiger partial charge < -0.3 is 30.9 Å². The third kappa shape index (κ3) is 12.7. The number of nitrogens with one attached hydrogen (secondary N) is 4. The molecular weight excluding hydrogens is 618 g/mol. The zero-order chi connectivity index (χ0) is 34.8. The van der Waals surface area contributed by atoms with Gasteiger partial charge in [0.05, 0.1) is 12.6 Å². The lowest BCUT2D eigenvalue weighted by Crippen LogP contribution is -2.58. The van der Waals surface area contributed by atoms with Crippen molar-refractivity contribution < 1.29 is 51.1 Å². The quantitative estimate of drug-likeness (QED) is 0.164. The standard InChI is InChI=1S/C30H47F4N5O7/c1-29(2,3)46-28(45)38-23(18-9-7-6-8-10-18)27(44)39-16-17(14-30(4,33)34)13-20(39)25(42)37-19(11-12-21(31)32)24(41)26(43)36-15-22(40)35-5/h17-21,23H,6-16H2,1-5H3,(H,35,40)(H,36,43)(H,37,42)(H,38,45)/t17-,19?,20?,23?/m0/s1. The van der Waals surface area contributed by atoms with Gasteiger partial charge in [-0.2, -0.15) is 0 Å². The van der Waals surface area contributed by atoms with Crippen LogP contribution in [0.15, 0.2) is 0 Å². The molecule has 12 nitrogen and oxygen atoms in total. The first-order valence-corrected chi connectivity index (χ1v) is 15.6. The molecule has 46 heavy (non-hydrogen) atoms. The highest BCUT2D eigenvalue weighted by molar-refractivity contribution is 6.38. The van der Waals surface area contributed by atoms with Crippen LogP contribution in [0.4, 0.5) is 22.4 Å². The Morgan fingerprint density at radius 1 is 0.935 bits per heavy atom. The maximum absolute atomic E-state index is 14.1. The van der Waals surface area contributed by atoms with E-state index in [1.807, 2.05) is 0 Å². The summed E-state index contributed by atoms with van der Waals surface area (Å²) < 4.78 is 59.7. The van der Waals surface area contributed by atoms with E-state index >= 15 is 0 Å². The summed E-state index contributed by atoms with van der Waals surface area (Å²) in [5.41, 5.74) is -0.884. The first-order valence-electron chi connectivity index (χ1n) is 15.6. The molecule has 0 aromatic carbocycles. The minimum atomic E-state index is -3.14. The van der Waals surface area contributed by atoms with E-state index in [-0.39, 0.29) is 18.9 Å². The minimum absolute atomic E-state index is 0.233. The second-order valence-corrected chi connectivity index (χ2v) is 13.2. The molecule has 0 bridgehead atoms. The molecule has 3 unspecified atom stereocenters. The van der Waals surface area contributed by atoms with Crippen molar-refractivity contribution in [2.75, 3.05) is 20.1 Å². The minimum Gasteiger partial charge on any atom is -0.444 e. The number of likely N-dealkylation sites (tertiary alicyclic amines) is 1. The van der Waals surface area contributed by atoms with Crippen LogP contribution < -0.4 is 21.3 Å². The van der Waals surface area contributed by atoms with Crippen molar-refractivity contribution in [2.45, 2.75) is 122 Å². The predicted octanol–water partition coefficient (Wildman–Crippen LogP) is 2.68. The summed E-state index contributed by atoms with van der Waals surface area (Å²) >= 11 is 0. The van der Waals surface area contributed by atoms with Crippen molar-refractivity contribution in [1.29, 1.82) is 0 Å². The number of Topliss-reactive ketones (excluding diaryl/α,β-unsaturated/α-hetero) is 1. The first kappa shape index (κ1) is 38.7. The van der Waals surface area contributed by atoms with Crippen LogP contribution in [0.3, 0.4) is 0 Å². The van der Waals surface area contributed by atoms with Crippen molar-refractivity contribution >= 4 is 35.5 Å². The molecule has 1 heterocycles. The number of ether oxygens (including phenoxy) is 1. The largest absolute Gasteiger partial charge is 0.444 e. The van der Waals surface area contributed by atoms with Crippen molar-refractivity contribution in [3.8, 4) is 0 Å². The number of hydrogen-bond donors (Lipinski definition) is 4. The smallest absolute Gasteiger partial charge is 0.408 e. The molecule has 2 rings (SSSR count). The summed E-state index contributed by atoms with van der Waals surface area (Å²) in [4.78, 5) is 78.4. The van der Waals surface area contributed by atoms with E-state index in [1.165, 1.54) is 7.05 Å². The maximum Gasteiger partial charge on any atom is 0.408 e. The van der Waals surface area contributed by atoms with Gasteiger partial charge in [-0.3, -0.25) is 24.0 Å². The fourth-order valence-corrected chi connectivity index (χ4v) is 5.86. The van der Waals surface area contributed by atoms with E-state index in [2.05, 4.69) is 21.3 Å². The zero-order valence-corrected chi connectivity index (χ0v) is 27.1. The molecule has 1 saturated carbocycles. The molecule has 0 radical (unpaired) electrons. The predicted molar refractivity (Wildman–Crippen MR) is 158 cm³/mol. The Labute approximate surface area is 266 Å². The number of rotatable bonds is 14. The van der Waals surface area contributed by atoms with Gasteiger partial charge in [-0.25, -0.2) is 22.4 Å². The molecule has 262 valence electrons. The third-order valence-electron chi connectivity index (χ3n) is 7.90. The summed E-state index contributed by atoms with van der Waals surface area (Å²) in [6.07, 6.45) is -2.47. The third-order valence-corrected chi connectivity index (χ3v) is 7.90. The average molecular weight is 666 g/mol. The summed E-state index contributed by atoms with van der Waals surface area (Å²) in [5, 5.41) is 9.18. The fourth-order valence-electron chi connectivity index (χ4n) is 5.86. The second kappa shape index (κ2) is 16.9. The number of hydrogen-bond acceptors (Lipinski definition) is 7. The monoisotopic (exact) mass is 665 g/mol.